The number of halogens is 8. The molecule has 5 heterocycles. The molecule has 7 rings (SSSR count). The van der Waals surface area contributed by atoms with Crippen LogP contribution >= 0.6 is 11.3 Å². The number of nitrogens with one attached hydrogen (secondary N) is 2. The lowest BCUT2D eigenvalue weighted by atomic mass is 9.72. The predicted octanol–water partition coefficient (Wildman–Crippen LogP) is 9.73. The van der Waals surface area contributed by atoms with Gasteiger partial charge >= 0.3 is 24.5 Å². The molecular formula is C39H40F8N6O4S. The highest BCUT2D eigenvalue weighted by atomic mass is 32.1. The summed E-state index contributed by atoms with van der Waals surface area (Å²) in [5.74, 6) is -2.72. The Hall–Kier alpha value is -4.54. The summed E-state index contributed by atoms with van der Waals surface area (Å²) in [4.78, 5) is 22.9. The van der Waals surface area contributed by atoms with Crippen molar-refractivity contribution in [2.75, 3.05) is 43.1 Å². The molecule has 2 aromatic carbocycles. The van der Waals surface area contributed by atoms with Gasteiger partial charge in [-0.05, 0) is 63.1 Å². The Balaban J connectivity index is 1.47. The molecule has 0 spiro atoms. The van der Waals surface area contributed by atoms with E-state index in [9.17, 15) is 23.2 Å². The standard InChI is InChI=1S/C39H40F8N6O4S/c1-34(2,3)37-10-9-19(52-37)15-53(16-37)30-21-13-23(38(42,43)44)26(27(41)28(21)49-32(50-30)56-18-36(39(45,46)47)11-12-55-17-36)20-7-8-24(40)29-25(20)22(14-48)31(58-29)51-33(54)57-35(4,5)6/h7-8,13,19,52H,9-12,15-18H2,1-6H3,(H,51,54). The molecule has 0 radical (unpaired) electrons. The van der Waals surface area contributed by atoms with E-state index in [0.29, 0.717) is 30.2 Å². The molecule has 2 bridgehead atoms. The maximum Gasteiger partial charge on any atom is 0.417 e. The number of anilines is 2. The van der Waals surface area contributed by atoms with E-state index in [-0.39, 0.29) is 46.7 Å². The minimum atomic E-state index is -5.26. The number of hydrogen-bond donors (Lipinski definition) is 2. The number of hydrogen-bond acceptors (Lipinski definition) is 10. The van der Waals surface area contributed by atoms with E-state index >= 15 is 22.0 Å². The van der Waals surface area contributed by atoms with Crippen LogP contribution in [0.3, 0.4) is 0 Å². The number of rotatable bonds is 6. The fraction of sp³-hybridized carbons (Fsp3) is 0.538. The molecule has 3 saturated heterocycles. The quantitative estimate of drug-likeness (QED) is 0.183. The molecule has 0 aliphatic carbocycles. The SMILES string of the molecule is CC(C)(C)OC(=O)Nc1sc2c(F)ccc(-c3c(C(F)(F)F)cc4c(N5CC6CCC(C(C)(C)C)(C5)N6)nc(OCC5(C(F)(F)F)CCOC5)nc4c3F)c2c1C#N. The first kappa shape index (κ1) is 41.6. The van der Waals surface area contributed by atoms with Gasteiger partial charge < -0.3 is 24.4 Å². The first-order chi connectivity index (χ1) is 26.9. The number of alkyl halides is 6. The average Bonchev–Trinajstić information content (AvgIpc) is 3.82. The number of fused-ring (bicyclic) bond motifs is 4. The summed E-state index contributed by atoms with van der Waals surface area (Å²) < 4.78 is 137. The van der Waals surface area contributed by atoms with Crippen LogP contribution in [0.25, 0.3) is 32.1 Å². The monoisotopic (exact) mass is 840 g/mol. The van der Waals surface area contributed by atoms with Gasteiger partial charge in [0.2, 0.25) is 0 Å². The lowest BCUT2D eigenvalue weighted by Gasteiger charge is -2.49. The van der Waals surface area contributed by atoms with Crippen LogP contribution in [0.2, 0.25) is 0 Å². The molecule has 10 nitrogen and oxygen atoms in total. The van der Waals surface area contributed by atoms with E-state index in [1.54, 1.807) is 31.7 Å². The Morgan fingerprint density at radius 2 is 1.83 bits per heavy atom. The maximum absolute atomic E-state index is 17.4. The van der Waals surface area contributed by atoms with Gasteiger partial charge in [-0.1, -0.05) is 26.8 Å². The van der Waals surface area contributed by atoms with Gasteiger partial charge in [-0.2, -0.15) is 41.6 Å². The van der Waals surface area contributed by atoms with Crippen LogP contribution in [0.4, 0.5) is 50.7 Å². The topological polar surface area (TPSA) is 122 Å². The van der Waals surface area contributed by atoms with Crippen molar-refractivity contribution in [2.45, 2.75) is 90.3 Å². The van der Waals surface area contributed by atoms with Crippen LogP contribution < -0.4 is 20.3 Å². The maximum atomic E-state index is 17.4. The molecule has 3 atom stereocenters. The lowest BCUT2D eigenvalue weighted by molar-refractivity contribution is -0.231. The second-order valence-electron chi connectivity index (χ2n) is 17.1. The lowest BCUT2D eigenvalue weighted by Crippen LogP contribution is -2.65. The van der Waals surface area contributed by atoms with E-state index in [1.165, 1.54) is 0 Å². The summed E-state index contributed by atoms with van der Waals surface area (Å²) in [6, 6.07) is 3.30. The number of thiophene rings is 1. The molecule has 2 N–H and O–H groups in total. The molecule has 4 aromatic rings. The van der Waals surface area contributed by atoms with Gasteiger partial charge in [-0.25, -0.2) is 13.6 Å². The van der Waals surface area contributed by atoms with Crippen molar-refractivity contribution in [3.63, 3.8) is 0 Å². The van der Waals surface area contributed by atoms with Crippen LogP contribution in [0, 0.1) is 33.8 Å². The Morgan fingerprint density at radius 1 is 1.10 bits per heavy atom. The number of nitrogens with zero attached hydrogens (tertiary/aromatic N) is 4. The fourth-order valence-corrected chi connectivity index (χ4v) is 9.12. The van der Waals surface area contributed by atoms with Crippen molar-refractivity contribution in [1.82, 2.24) is 15.3 Å². The third-order valence-corrected chi connectivity index (χ3v) is 12.3. The third kappa shape index (κ3) is 7.25. The van der Waals surface area contributed by atoms with E-state index < -0.39 is 111 Å². The minimum absolute atomic E-state index is 0.142. The van der Waals surface area contributed by atoms with Crippen molar-refractivity contribution in [1.29, 1.82) is 5.26 Å². The van der Waals surface area contributed by atoms with E-state index in [1.807, 2.05) is 20.8 Å². The van der Waals surface area contributed by atoms with Crippen molar-refractivity contribution < 1.29 is 54.1 Å². The highest BCUT2D eigenvalue weighted by Crippen LogP contribution is 2.51. The zero-order valence-electron chi connectivity index (χ0n) is 32.3. The molecule has 3 aliphatic heterocycles. The Kier molecular flexibility index (Phi) is 10.1. The summed E-state index contributed by atoms with van der Waals surface area (Å²) in [5.41, 5.74) is -8.70. The van der Waals surface area contributed by atoms with Crippen molar-refractivity contribution in [3.05, 3.63) is 41.0 Å². The normalized spacial score (nSPS) is 22.8. The first-order valence-corrected chi connectivity index (χ1v) is 19.3. The molecule has 3 aliphatic rings. The summed E-state index contributed by atoms with van der Waals surface area (Å²) >= 11 is 0.539. The van der Waals surface area contributed by atoms with Crippen LogP contribution in [0.15, 0.2) is 18.2 Å². The zero-order valence-corrected chi connectivity index (χ0v) is 33.1. The summed E-state index contributed by atoms with van der Waals surface area (Å²) in [6.45, 7) is 9.22. The molecule has 19 heteroatoms. The first-order valence-electron chi connectivity index (χ1n) is 18.4. The number of ether oxygens (including phenoxy) is 3. The Morgan fingerprint density at radius 3 is 2.43 bits per heavy atom. The third-order valence-electron chi connectivity index (χ3n) is 11.2. The largest absolute Gasteiger partial charge is 0.462 e. The second kappa shape index (κ2) is 14.0. The van der Waals surface area contributed by atoms with Crippen molar-refractivity contribution in [2.24, 2.45) is 10.8 Å². The number of amides is 1. The van der Waals surface area contributed by atoms with Crippen LogP contribution in [-0.2, 0) is 15.7 Å². The molecule has 0 saturated carbocycles. The van der Waals surface area contributed by atoms with Gasteiger partial charge in [-0.3, -0.25) is 5.32 Å². The van der Waals surface area contributed by atoms with Gasteiger partial charge in [0.05, 0.1) is 22.4 Å². The number of aromatic nitrogens is 2. The number of carbonyl (C=O) groups excluding carboxylic acids is 1. The molecule has 3 fully saturated rings. The Labute approximate surface area is 331 Å². The van der Waals surface area contributed by atoms with E-state index in [4.69, 9.17) is 14.2 Å². The molecule has 58 heavy (non-hydrogen) atoms. The molecule has 312 valence electrons. The molecular weight excluding hydrogens is 801 g/mol. The van der Waals surface area contributed by atoms with E-state index in [0.717, 1.165) is 12.1 Å². The van der Waals surface area contributed by atoms with E-state index in [2.05, 4.69) is 20.6 Å². The molecule has 3 unspecified atom stereocenters. The number of piperazine rings is 1. The smallest absolute Gasteiger partial charge is 0.417 e. The molecule has 1 amide bonds. The molecule has 2 aromatic heterocycles. The highest BCUT2D eigenvalue weighted by Gasteiger charge is 2.58. The minimum Gasteiger partial charge on any atom is -0.462 e. The Bertz CT molecular complexity index is 2340. The number of nitriles is 1. The van der Waals surface area contributed by atoms with Gasteiger partial charge in [0, 0.05) is 47.6 Å². The van der Waals surface area contributed by atoms with Crippen molar-refractivity contribution in [3.8, 4) is 23.2 Å². The van der Waals surface area contributed by atoms with Gasteiger partial charge in [0.1, 0.15) is 45.8 Å². The second-order valence-corrected chi connectivity index (χ2v) is 18.2. The van der Waals surface area contributed by atoms with Gasteiger partial charge in [0.15, 0.2) is 5.82 Å². The highest BCUT2D eigenvalue weighted by molar-refractivity contribution is 7.23. The van der Waals surface area contributed by atoms with Crippen LogP contribution in [0.1, 0.15) is 71.9 Å². The summed E-state index contributed by atoms with van der Waals surface area (Å²) in [6.07, 6.45) is -10.1. The zero-order chi connectivity index (χ0) is 42.4. The van der Waals surface area contributed by atoms with Crippen molar-refractivity contribution >= 4 is 49.2 Å². The average molecular weight is 841 g/mol. The summed E-state index contributed by atoms with van der Waals surface area (Å²) in [5, 5.41) is 15.1. The fourth-order valence-electron chi connectivity index (χ4n) is 8.05. The van der Waals surface area contributed by atoms with Gasteiger partial charge in [-0.15, -0.1) is 11.3 Å². The predicted molar refractivity (Wildman–Crippen MR) is 200 cm³/mol. The van der Waals surface area contributed by atoms with Crippen LogP contribution in [0.5, 0.6) is 6.01 Å². The van der Waals surface area contributed by atoms with Gasteiger partial charge in [0.25, 0.3) is 0 Å². The number of benzene rings is 2. The summed E-state index contributed by atoms with van der Waals surface area (Å²) in [7, 11) is 0. The number of carbonyl (C=O) groups is 1. The van der Waals surface area contributed by atoms with Crippen LogP contribution in [-0.4, -0.2) is 72.3 Å².